The Balaban J connectivity index is 1.66. The average molecular weight is 404 g/mol. The molecular formula is C20H26ClN5O2. The molecule has 1 aliphatic heterocycles. The van der Waals surface area contributed by atoms with Crippen molar-refractivity contribution in [3.05, 3.63) is 51.9 Å². The highest BCUT2D eigenvalue weighted by atomic mass is 35.5. The molecule has 0 radical (unpaired) electrons. The fourth-order valence-electron chi connectivity index (χ4n) is 3.21. The lowest BCUT2D eigenvalue weighted by Gasteiger charge is -2.36. The van der Waals surface area contributed by atoms with Crippen molar-refractivity contribution in [2.24, 2.45) is 0 Å². The Morgan fingerprint density at radius 3 is 2.39 bits per heavy atom. The Bertz CT molecular complexity index is 884. The first-order valence-electron chi connectivity index (χ1n) is 9.36. The third-order valence-electron chi connectivity index (χ3n) is 4.50. The van der Waals surface area contributed by atoms with Gasteiger partial charge in [-0.1, -0.05) is 29.8 Å². The number of carbonyl (C=O) groups excluding carboxylic acids is 1. The van der Waals surface area contributed by atoms with Gasteiger partial charge in [-0.3, -0.25) is 14.5 Å². The molecule has 1 fully saturated rings. The Morgan fingerprint density at radius 1 is 1.14 bits per heavy atom. The van der Waals surface area contributed by atoms with E-state index >= 15 is 0 Å². The molecule has 0 aliphatic carbocycles. The molecule has 0 atom stereocenters. The maximum absolute atomic E-state index is 12.7. The molecule has 0 spiro atoms. The molecule has 1 aromatic heterocycles. The van der Waals surface area contributed by atoms with Crippen molar-refractivity contribution in [2.75, 3.05) is 37.6 Å². The fraction of sp³-hybridized carbons (Fsp3) is 0.450. The summed E-state index contributed by atoms with van der Waals surface area (Å²) >= 11 is 6.38. The standard InChI is InChI=1S/C20H26ClN5O2/c1-20(2,3)23-17(27)14-24-9-11-25(12-10-24)16-13-22-26(19(28)18(16)21)15-7-5-4-6-8-15/h4-8,13H,9-12,14H2,1-3H3,(H,23,27). The Kier molecular flexibility index (Phi) is 6.05. The number of anilines is 1. The Morgan fingerprint density at radius 2 is 1.79 bits per heavy atom. The minimum Gasteiger partial charge on any atom is -0.366 e. The zero-order chi connectivity index (χ0) is 20.3. The molecule has 1 aromatic carbocycles. The van der Waals surface area contributed by atoms with E-state index in [1.54, 1.807) is 6.20 Å². The molecule has 1 saturated heterocycles. The summed E-state index contributed by atoms with van der Waals surface area (Å²) in [6.45, 7) is 9.07. The maximum Gasteiger partial charge on any atom is 0.292 e. The highest BCUT2D eigenvalue weighted by Crippen LogP contribution is 2.23. The van der Waals surface area contributed by atoms with Gasteiger partial charge in [-0.15, -0.1) is 0 Å². The van der Waals surface area contributed by atoms with Gasteiger partial charge in [-0.2, -0.15) is 9.78 Å². The molecule has 2 aromatic rings. The van der Waals surface area contributed by atoms with Crippen LogP contribution in [0.4, 0.5) is 5.69 Å². The number of benzene rings is 1. The Hall–Kier alpha value is -2.38. The zero-order valence-corrected chi connectivity index (χ0v) is 17.2. The first-order valence-corrected chi connectivity index (χ1v) is 9.74. The van der Waals surface area contributed by atoms with Gasteiger partial charge >= 0.3 is 0 Å². The van der Waals surface area contributed by atoms with Gasteiger partial charge in [0.1, 0.15) is 5.02 Å². The van der Waals surface area contributed by atoms with Crippen molar-refractivity contribution in [1.29, 1.82) is 0 Å². The average Bonchev–Trinajstić information content (AvgIpc) is 2.64. The van der Waals surface area contributed by atoms with Crippen LogP contribution < -0.4 is 15.8 Å². The summed E-state index contributed by atoms with van der Waals surface area (Å²) in [6.07, 6.45) is 1.64. The van der Waals surface area contributed by atoms with E-state index in [-0.39, 0.29) is 22.0 Å². The van der Waals surface area contributed by atoms with E-state index in [9.17, 15) is 9.59 Å². The summed E-state index contributed by atoms with van der Waals surface area (Å²) in [5.74, 6) is 0.0195. The van der Waals surface area contributed by atoms with Gasteiger partial charge < -0.3 is 10.2 Å². The third-order valence-corrected chi connectivity index (χ3v) is 4.85. The Labute approximate surface area is 169 Å². The lowest BCUT2D eigenvalue weighted by molar-refractivity contribution is -0.123. The van der Waals surface area contributed by atoms with Crippen LogP contribution in [0.2, 0.25) is 5.02 Å². The SMILES string of the molecule is CC(C)(C)NC(=O)CN1CCN(c2cnn(-c3ccccc3)c(=O)c2Cl)CC1. The number of hydrogen-bond donors (Lipinski definition) is 1. The molecule has 0 unspecified atom stereocenters. The summed E-state index contributed by atoms with van der Waals surface area (Å²) in [4.78, 5) is 28.9. The molecule has 1 N–H and O–H groups in total. The van der Waals surface area contributed by atoms with Gasteiger partial charge in [-0.25, -0.2) is 0 Å². The van der Waals surface area contributed by atoms with Gasteiger partial charge in [0.25, 0.3) is 5.56 Å². The van der Waals surface area contributed by atoms with Gasteiger partial charge in [-0.05, 0) is 32.9 Å². The lowest BCUT2D eigenvalue weighted by atomic mass is 10.1. The van der Waals surface area contributed by atoms with E-state index in [0.717, 1.165) is 13.1 Å². The predicted octanol–water partition coefficient (Wildman–Crippen LogP) is 1.92. The highest BCUT2D eigenvalue weighted by Gasteiger charge is 2.23. The molecule has 2 heterocycles. The van der Waals surface area contributed by atoms with E-state index < -0.39 is 0 Å². The molecular weight excluding hydrogens is 378 g/mol. The second kappa shape index (κ2) is 8.32. The predicted molar refractivity (Wildman–Crippen MR) is 111 cm³/mol. The number of carbonyl (C=O) groups is 1. The van der Waals surface area contributed by atoms with Crippen LogP contribution in [0, 0.1) is 0 Å². The number of para-hydroxylation sites is 1. The summed E-state index contributed by atoms with van der Waals surface area (Å²) in [5.41, 5.74) is 0.742. The molecule has 150 valence electrons. The number of halogens is 1. The van der Waals surface area contributed by atoms with Crippen molar-refractivity contribution in [2.45, 2.75) is 26.3 Å². The number of amides is 1. The minimum atomic E-state index is -0.336. The number of nitrogens with one attached hydrogen (secondary N) is 1. The molecule has 0 bridgehead atoms. The second-order valence-electron chi connectivity index (χ2n) is 7.96. The van der Waals surface area contributed by atoms with Crippen LogP contribution >= 0.6 is 11.6 Å². The molecule has 7 nitrogen and oxygen atoms in total. The summed E-state index contributed by atoms with van der Waals surface area (Å²) in [5, 5.41) is 7.44. The van der Waals surface area contributed by atoms with Gasteiger partial charge in [0.15, 0.2) is 0 Å². The molecule has 3 rings (SSSR count). The van der Waals surface area contributed by atoms with Crippen LogP contribution in [-0.2, 0) is 4.79 Å². The topological polar surface area (TPSA) is 70.5 Å². The molecule has 8 heteroatoms. The van der Waals surface area contributed by atoms with Crippen LogP contribution in [0.25, 0.3) is 5.69 Å². The van der Waals surface area contributed by atoms with Crippen LogP contribution in [0.3, 0.4) is 0 Å². The first-order chi connectivity index (χ1) is 13.2. The van der Waals surface area contributed by atoms with Crippen LogP contribution in [-0.4, -0.2) is 58.9 Å². The number of nitrogens with zero attached hydrogens (tertiary/aromatic N) is 4. The van der Waals surface area contributed by atoms with Gasteiger partial charge in [0, 0.05) is 31.7 Å². The fourth-order valence-corrected chi connectivity index (χ4v) is 3.45. The quantitative estimate of drug-likeness (QED) is 0.844. The van der Waals surface area contributed by atoms with Crippen molar-refractivity contribution in [3.63, 3.8) is 0 Å². The van der Waals surface area contributed by atoms with Crippen molar-refractivity contribution < 1.29 is 4.79 Å². The largest absolute Gasteiger partial charge is 0.366 e. The van der Waals surface area contributed by atoms with Gasteiger partial charge in [0.05, 0.1) is 24.1 Å². The third kappa shape index (κ3) is 4.91. The molecule has 28 heavy (non-hydrogen) atoms. The normalized spacial score (nSPS) is 15.5. The molecule has 1 amide bonds. The van der Waals surface area contributed by atoms with E-state index in [1.807, 2.05) is 56.0 Å². The number of piperazine rings is 1. The monoisotopic (exact) mass is 403 g/mol. The first kappa shape index (κ1) is 20.4. The van der Waals surface area contributed by atoms with E-state index in [2.05, 4.69) is 15.3 Å². The van der Waals surface area contributed by atoms with E-state index in [0.29, 0.717) is 31.0 Å². The second-order valence-corrected chi connectivity index (χ2v) is 8.34. The van der Waals surface area contributed by atoms with Crippen LogP contribution in [0.1, 0.15) is 20.8 Å². The number of rotatable bonds is 4. The van der Waals surface area contributed by atoms with Gasteiger partial charge in [0.2, 0.25) is 5.91 Å². The zero-order valence-electron chi connectivity index (χ0n) is 16.5. The molecule has 1 aliphatic rings. The smallest absolute Gasteiger partial charge is 0.292 e. The van der Waals surface area contributed by atoms with E-state index in [4.69, 9.17) is 11.6 Å². The summed E-state index contributed by atoms with van der Waals surface area (Å²) < 4.78 is 1.30. The summed E-state index contributed by atoms with van der Waals surface area (Å²) in [6, 6.07) is 9.20. The van der Waals surface area contributed by atoms with Crippen LogP contribution in [0.15, 0.2) is 41.3 Å². The lowest BCUT2D eigenvalue weighted by Crippen LogP contribution is -2.52. The maximum atomic E-state index is 12.7. The highest BCUT2D eigenvalue weighted by molar-refractivity contribution is 6.33. The summed E-state index contributed by atoms with van der Waals surface area (Å²) in [7, 11) is 0. The van der Waals surface area contributed by atoms with Crippen molar-refractivity contribution in [3.8, 4) is 5.69 Å². The number of aromatic nitrogens is 2. The number of hydrogen-bond acceptors (Lipinski definition) is 5. The van der Waals surface area contributed by atoms with Crippen molar-refractivity contribution >= 4 is 23.2 Å². The molecule has 0 saturated carbocycles. The van der Waals surface area contributed by atoms with Crippen LogP contribution in [0.5, 0.6) is 0 Å². The van der Waals surface area contributed by atoms with E-state index in [1.165, 1.54) is 4.68 Å². The minimum absolute atomic E-state index is 0.0195. The van der Waals surface area contributed by atoms with Crippen molar-refractivity contribution in [1.82, 2.24) is 20.0 Å².